The molecule has 0 heterocycles. The van der Waals surface area contributed by atoms with Gasteiger partial charge in [0, 0.05) is 11.4 Å². The lowest BCUT2D eigenvalue weighted by Gasteiger charge is -2.12. The summed E-state index contributed by atoms with van der Waals surface area (Å²) < 4.78 is 10.3. The molecule has 2 rings (SSSR count). The molecule has 2 aromatic carbocycles. The van der Waals surface area contributed by atoms with Crippen molar-refractivity contribution in [3.05, 3.63) is 64.7 Å². The molecule has 4 heteroatoms. The van der Waals surface area contributed by atoms with Crippen molar-refractivity contribution >= 4 is 17.6 Å². The molecule has 0 spiro atoms. The second-order valence-corrected chi connectivity index (χ2v) is 5.03. The van der Waals surface area contributed by atoms with Crippen LogP contribution < -0.4 is 4.74 Å². The Morgan fingerprint density at radius 3 is 2.62 bits per heavy atom. The first-order valence-electron chi connectivity index (χ1n) is 6.71. The number of hydrogen-bond acceptors (Lipinski definition) is 3. The van der Waals surface area contributed by atoms with Gasteiger partial charge in [0.05, 0.1) is 20.1 Å². The number of methoxy groups -OCH3 is 1. The number of esters is 1. The number of hydrogen-bond donors (Lipinski definition) is 0. The van der Waals surface area contributed by atoms with Crippen LogP contribution >= 0.6 is 11.6 Å². The predicted octanol–water partition coefficient (Wildman–Crippen LogP) is 3.87. The summed E-state index contributed by atoms with van der Waals surface area (Å²) in [7, 11) is 1.37. The molecule has 0 aliphatic heterocycles. The summed E-state index contributed by atoms with van der Waals surface area (Å²) in [4.78, 5) is 11.1. The van der Waals surface area contributed by atoms with Crippen LogP contribution in [0.15, 0.2) is 48.5 Å². The average molecular weight is 305 g/mol. The Morgan fingerprint density at radius 2 is 1.90 bits per heavy atom. The Bertz CT molecular complexity index is 596. The summed E-state index contributed by atoms with van der Waals surface area (Å²) >= 11 is 6.06. The van der Waals surface area contributed by atoms with Gasteiger partial charge in [0.2, 0.25) is 0 Å². The van der Waals surface area contributed by atoms with Crippen LogP contribution in [0.1, 0.15) is 17.5 Å². The predicted molar refractivity (Wildman–Crippen MR) is 82.8 cm³/mol. The normalized spacial score (nSPS) is 10.2. The van der Waals surface area contributed by atoms with E-state index in [1.807, 2.05) is 30.3 Å². The van der Waals surface area contributed by atoms with E-state index in [1.165, 1.54) is 12.7 Å². The summed E-state index contributed by atoms with van der Waals surface area (Å²) in [5.74, 6) is 0.459. The zero-order valence-electron chi connectivity index (χ0n) is 11.8. The fourth-order valence-electron chi connectivity index (χ4n) is 1.99. The molecule has 0 saturated heterocycles. The molecule has 0 radical (unpaired) electrons. The van der Waals surface area contributed by atoms with Crippen molar-refractivity contribution in [2.24, 2.45) is 0 Å². The van der Waals surface area contributed by atoms with Crippen LogP contribution in [0.4, 0.5) is 0 Å². The van der Waals surface area contributed by atoms with Crippen molar-refractivity contribution in [2.75, 3.05) is 13.7 Å². The van der Waals surface area contributed by atoms with Gasteiger partial charge >= 0.3 is 5.97 Å². The molecule has 21 heavy (non-hydrogen) atoms. The van der Waals surface area contributed by atoms with Gasteiger partial charge in [-0.25, -0.2) is 0 Å². The van der Waals surface area contributed by atoms with Gasteiger partial charge in [0.25, 0.3) is 0 Å². The first-order chi connectivity index (χ1) is 10.2. The number of carbonyl (C=O) groups excluding carboxylic acids is 1. The van der Waals surface area contributed by atoms with Crippen molar-refractivity contribution in [2.45, 2.75) is 12.8 Å². The smallest absolute Gasteiger partial charge is 0.308 e. The van der Waals surface area contributed by atoms with Crippen LogP contribution in [0, 0.1) is 0 Å². The van der Waals surface area contributed by atoms with E-state index in [0.29, 0.717) is 5.02 Å². The molecule has 0 unspecified atom stereocenters. The van der Waals surface area contributed by atoms with E-state index >= 15 is 0 Å². The van der Waals surface area contributed by atoms with Gasteiger partial charge in [0.15, 0.2) is 0 Å². The highest BCUT2D eigenvalue weighted by molar-refractivity contribution is 6.30. The van der Waals surface area contributed by atoms with Gasteiger partial charge in [-0.1, -0.05) is 41.9 Å². The minimum atomic E-state index is -0.284. The Labute approximate surface area is 129 Å². The number of halogens is 1. The highest BCUT2D eigenvalue weighted by Gasteiger charge is 2.07. The Morgan fingerprint density at radius 1 is 1.14 bits per heavy atom. The van der Waals surface area contributed by atoms with E-state index in [-0.39, 0.29) is 19.0 Å². The van der Waals surface area contributed by atoms with E-state index in [0.717, 1.165) is 17.7 Å². The van der Waals surface area contributed by atoms with Crippen LogP contribution in [-0.4, -0.2) is 19.7 Å². The van der Waals surface area contributed by atoms with Crippen molar-refractivity contribution in [3.63, 3.8) is 0 Å². The lowest BCUT2D eigenvalue weighted by molar-refractivity contribution is -0.141. The molecule has 0 N–H and O–H groups in total. The lowest BCUT2D eigenvalue weighted by Crippen LogP contribution is -2.08. The summed E-state index contributed by atoms with van der Waals surface area (Å²) in [5, 5.41) is 0.668. The van der Waals surface area contributed by atoms with Gasteiger partial charge in [-0.2, -0.15) is 0 Å². The Hall–Kier alpha value is -2.00. The molecule has 0 aliphatic rings. The summed E-state index contributed by atoms with van der Waals surface area (Å²) in [6, 6.07) is 15.6. The largest absolute Gasteiger partial charge is 0.493 e. The lowest BCUT2D eigenvalue weighted by atomic mass is 10.0. The van der Waals surface area contributed by atoms with E-state index in [9.17, 15) is 4.79 Å². The van der Waals surface area contributed by atoms with Crippen molar-refractivity contribution < 1.29 is 14.3 Å². The third kappa shape index (κ3) is 4.80. The van der Waals surface area contributed by atoms with Crippen molar-refractivity contribution in [3.8, 4) is 5.75 Å². The first kappa shape index (κ1) is 15.4. The van der Waals surface area contributed by atoms with Crippen LogP contribution in [0.3, 0.4) is 0 Å². The minimum absolute atomic E-state index is 0.226. The van der Waals surface area contributed by atoms with Crippen LogP contribution in [0.25, 0.3) is 0 Å². The van der Waals surface area contributed by atoms with Gasteiger partial charge in [-0.3, -0.25) is 4.79 Å². The topological polar surface area (TPSA) is 35.5 Å². The molecular weight excluding hydrogens is 288 g/mol. The number of ether oxygens (including phenoxy) is 2. The molecule has 0 fully saturated rings. The standard InChI is InChI=1S/C17H17ClO3/c1-20-17(19)9-10-21-16-8-7-15(18)12-14(16)11-13-5-3-2-4-6-13/h2-8,12H,9-11H2,1H3. The van der Waals surface area contributed by atoms with Crippen LogP contribution in [0.2, 0.25) is 5.02 Å². The molecule has 110 valence electrons. The molecule has 0 bridgehead atoms. The maximum absolute atomic E-state index is 11.1. The van der Waals surface area contributed by atoms with Gasteiger partial charge in [0.1, 0.15) is 5.75 Å². The highest BCUT2D eigenvalue weighted by atomic mass is 35.5. The average Bonchev–Trinajstić information content (AvgIpc) is 2.50. The number of carbonyl (C=O) groups is 1. The third-order valence-electron chi connectivity index (χ3n) is 3.05. The SMILES string of the molecule is COC(=O)CCOc1ccc(Cl)cc1Cc1ccccc1. The first-order valence-corrected chi connectivity index (χ1v) is 7.09. The summed E-state index contributed by atoms with van der Waals surface area (Å²) in [5.41, 5.74) is 2.18. The third-order valence-corrected chi connectivity index (χ3v) is 3.29. The quantitative estimate of drug-likeness (QED) is 0.760. The second kappa shape index (κ2) is 7.70. The highest BCUT2D eigenvalue weighted by Crippen LogP contribution is 2.25. The molecule has 0 amide bonds. The molecule has 0 saturated carbocycles. The Kier molecular flexibility index (Phi) is 5.64. The molecule has 0 atom stereocenters. The van der Waals surface area contributed by atoms with Crippen LogP contribution in [0.5, 0.6) is 5.75 Å². The fraction of sp³-hybridized carbons (Fsp3) is 0.235. The Balaban J connectivity index is 2.08. The molecule has 3 nitrogen and oxygen atoms in total. The van der Waals surface area contributed by atoms with E-state index in [4.69, 9.17) is 16.3 Å². The zero-order valence-corrected chi connectivity index (χ0v) is 12.6. The van der Waals surface area contributed by atoms with E-state index in [1.54, 1.807) is 6.07 Å². The second-order valence-electron chi connectivity index (χ2n) is 4.59. The van der Waals surface area contributed by atoms with Gasteiger partial charge in [-0.15, -0.1) is 0 Å². The minimum Gasteiger partial charge on any atom is -0.493 e. The molecule has 0 aromatic heterocycles. The van der Waals surface area contributed by atoms with Crippen LogP contribution in [-0.2, 0) is 16.0 Å². The van der Waals surface area contributed by atoms with Crippen molar-refractivity contribution in [1.82, 2.24) is 0 Å². The molecular formula is C17H17ClO3. The summed E-state index contributed by atoms with van der Waals surface area (Å²) in [6.45, 7) is 0.288. The van der Waals surface area contributed by atoms with Gasteiger partial charge in [-0.05, 0) is 29.3 Å². The van der Waals surface area contributed by atoms with Crippen molar-refractivity contribution in [1.29, 1.82) is 0 Å². The maximum Gasteiger partial charge on any atom is 0.308 e. The fourth-order valence-corrected chi connectivity index (χ4v) is 2.18. The van der Waals surface area contributed by atoms with E-state index < -0.39 is 0 Å². The van der Waals surface area contributed by atoms with Gasteiger partial charge < -0.3 is 9.47 Å². The number of benzene rings is 2. The number of rotatable bonds is 6. The summed E-state index contributed by atoms with van der Waals surface area (Å²) in [6.07, 6.45) is 0.957. The molecule has 2 aromatic rings. The zero-order chi connectivity index (χ0) is 15.1. The monoisotopic (exact) mass is 304 g/mol. The maximum atomic E-state index is 11.1. The molecule has 0 aliphatic carbocycles. The van der Waals surface area contributed by atoms with E-state index in [2.05, 4.69) is 16.9 Å².